The van der Waals surface area contributed by atoms with E-state index in [1.54, 1.807) is 4.90 Å². The van der Waals surface area contributed by atoms with E-state index in [0.717, 1.165) is 51.8 Å². The topological polar surface area (TPSA) is 84.7 Å². The second-order valence-electron chi connectivity index (χ2n) is 5.68. The third kappa shape index (κ3) is 4.45. The third-order valence-electron chi connectivity index (χ3n) is 4.03. The Morgan fingerprint density at radius 1 is 1.25 bits per heavy atom. The van der Waals surface area contributed by atoms with Crippen LogP contribution in [0.4, 0.5) is 0 Å². The molecular weight excluding hydrogens is 258 g/mol. The van der Waals surface area contributed by atoms with Gasteiger partial charge in [-0.15, -0.1) is 0 Å². The number of nitrogens with one attached hydrogen (secondary N) is 1. The van der Waals surface area contributed by atoms with Gasteiger partial charge in [0, 0.05) is 19.2 Å². The van der Waals surface area contributed by atoms with Crippen molar-refractivity contribution in [3.63, 3.8) is 0 Å². The first-order chi connectivity index (χ1) is 9.66. The number of carbonyl (C=O) groups is 2. The fraction of sp³-hybridized carbons (Fsp3) is 0.857. The van der Waals surface area contributed by atoms with Gasteiger partial charge in [-0.05, 0) is 38.6 Å². The van der Waals surface area contributed by atoms with Crippen LogP contribution < -0.4 is 11.1 Å². The lowest BCUT2D eigenvalue weighted by Gasteiger charge is -2.35. The first-order valence-corrected chi connectivity index (χ1v) is 7.57. The summed E-state index contributed by atoms with van der Waals surface area (Å²) in [6, 6.07) is 0.0762. The summed E-state index contributed by atoms with van der Waals surface area (Å²) in [6.07, 6.45) is 5.43. The van der Waals surface area contributed by atoms with Gasteiger partial charge in [0.2, 0.25) is 11.8 Å². The van der Waals surface area contributed by atoms with Crippen LogP contribution >= 0.6 is 0 Å². The van der Waals surface area contributed by atoms with Gasteiger partial charge >= 0.3 is 0 Å². The molecule has 2 heterocycles. The summed E-state index contributed by atoms with van der Waals surface area (Å²) >= 11 is 0. The Labute approximate surface area is 120 Å². The van der Waals surface area contributed by atoms with Gasteiger partial charge in [0.1, 0.15) is 0 Å². The molecule has 20 heavy (non-hydrogen) atoms. The highest BCUT2D eigenvalue weighted by Gasteiger charge is 2.28. The molecule has 0 saturated carbocycles. The molecule has 6 heteroatoms. The highest BCUT2D eigenvalue weighted by atomic mass is 16.5. The predicted octanol–water partition coefficient (Wildman–Crippen LogP) is 0.0115. The minimum Gasteiger partial charge on any atom is -0.378 e. The molecule has 2 amide bonds. The van der Waals surface area contributed by atoms with Crippen LogP contribution in [0.15, 0.2) is 0 Å². The lowest BCUT2D eigenvalue weighted by molar-refractivity contribution is -0.141. The molecule has 0 aromatic carbocycles. The van der Waals surface area contributed by atoms with Gasteiger partial charge in [-0.1, -0.05) is 0 Å². The van der Waals surface area contributed by atoms with Crippen molar-refractivity contribution in [1.82, 2.24) is 10.2 Å². The Morgan fingerprint density at radius 2 is 2.10 bits per heavy atom. The summed E-state index contributed by atoms with van der Waals surface area (Å²) in [5.74, 6) is -0.460. The van der Waals surface area contributed by atoms with Crippen molar-refractivity contribution >= 4 is 11.8 Å². The van der Waals surface area contributed by atoms with Gasteiger partial charge in [0.05, 0.1) is 19.1 Å². The Balaban J connectivity index is 1.93. The largest absolute Gasteiger partial charge is 0.378 e. The van der Waals surface area contributed by atoms with Crippen molar-refractivity contribution in [2.75, 3.05) is 26.2 Å². The van der Waals surface area contributed by atoms with Gasteiger partial charge < -0.3 is 20.7 Å². The predicted molar refractivity (Wildman–Crippen MR) is 75.0 cm³/mol. The van der Waals surface area contributed by atoms with E-state index in [2.05, 4.69) is 5.32 Å². The molecule has 0 radical (unpaired) electrons. The molecule has 2 aliphatic heterocycles. The normalized spacial score (nSPS) is 27.0. The molecule has 2 saturated heterocycles. The number of hydrogen-bond donors (Lipinski definition) is 2. The molecule has 3 N–H and O–H groups in total. The number of ether oxygens (including phenoxy) is 1. The van der Waals surface area contributed by atoms with Crippen LogP contribution in [0.3, 0.4) is 0 Å². The summed E-state index contributed by atoms with van der Waals surface area (Å²) in [5.41, 5.74) is 5.29. The summed E-state index contributed by atoms with van der Waals surface area (Å²) in [6.45, 7) is 2.46. The lowest BCUT2D eigenvalue weighted by Crippen LogP contribution is -2.52. The Hall–Kier alpha value is -1.14. The smallest absolute Gasteiger partial charge is 0.237 e. The van der Waals surface area contributed by atoms with Crippen LogP contribution in [0.25, 0.3) is 0 Å². The fourth-order valence-electron chi connectivity index (χ4n) is 2.97. The van der Waals surface area contributed by atoms with Gasteiger partial charge in [0.25, 0.3) is 0 Å². The monoisotopic (exact) mass is 283 g/mol. The number of nitrogens with two attached hydrogens (primary N) is 1. The number of carbonyl (C=O) groups excluding carboxylic acids is 2. The maximum absolute atomic E-state index is 12.5. The fourth-order valence-corrected chi connectivity index (χ4v) is 2.97. The summed E-state index contributed by atoms with van der Waals surface area (Å²) in [5, 5.41) is 3.27. The summed E-state index contributed by atoms with van der Waals surface area (Å²) < 4.78 is 5.61. The average molecular weight is 283 g/mol. The number of hydrogen-bond acceptors (Lipinski definition) is 4. The Bertz CT molecular complexity index is 337. The zero-order valence-corrected chi connectivity index (χ0v) is 12.0. The summed E-state index contributed by atoms with van der Waals surface area (Å²) in [7, 11) is 0. The molecule has 0 bridgehead atoms. The average Bonchev–Trinajstić information content (AvgIpc) is 2.46. The van der Waals surface area contributed by atoms with Crippen LogP contribution in [-0.4, -0.2) is 55.1 Å². The van der Waals surface area contributed by atoms with Crippen LogP contribution in [-0.2, 0) is 14.3 Å². The molecule has 2 rings (SSSR count). The molecule has 0 aliphatic carbocycles. The lowest BCUT2D eigenvalue weighted by atomic mass is 10.0. The highest BCUT2D eigenvalue weighted by Crippen LogP contribution is 2.18. The zero-order valence-electron chi connectivity index (χ0n) is 12.0. The van der Waals surface area contributed by atoms with E-state index in [1.165, 1.54) is 0 Å². The molecule has 0 spiro atoms. The van der Waals surface area contributed by atoms with E-state index in [0.29, 0.717) is 6.42 Å². The van der Waals surface area contributed by atoms with Crippen LogP contribution in [0.2, 0.25) is 0 Å². The molecule has 0 aromatic heterocycles. The van der Waals surface area contributed by atoms with E-state index < -0.39 is 5.91 Å². The van der Waals surface area contributed by atoms with Crippen molar-refractivity contribution in [2.24, 2.45) is 5.73 Å². The van der Waals surface area contributed by atoms with Crippen molar-refractivity contribution in [1.29, 1.82) is 0 Å². The number of nitrogens with zero attached hydrogens (tertiary/aromatic N) is 1. The van der Waals surface area contributed by atoms with Crippen molar-refractivity contribution in [3.8, 4) is 0 Å². The molecule has 2 aliphatic rings. The number of amides is 2. The Morgan fingerprint density at radius 3 is 2.70 bits per heavy atom. The van der Waals surface area contributed by atoms with Crippen molar-refractivity contribution < 1.29 is 14.3 Å². The highest BCUT2D eigenvalue weighted by molar-refractivity contribution is 5.84. The van der Waals surface area contributed by atoms with Crippen LogP contribution in [0.5, 0.6) is 0 Å². The number of piperidine rings is 1. The Kier molecular flexibility index (Phi) is 5.79. The SMILES string of the molecule is NC(=O)CN(C(=O)CC1CCCCO1)C1CCCNC1. The minimum atomic E-state index is -0.450. The van der Waals surface area contributed by atoms with Gasteiger partial charge in [-0.25, -0.2) is 0 Å². The van der Waals surface area contributed by atoms with Crippen molar-refractivity contribution in [2.45, 2.75) is 50.7 Å². The molecule has 2 fully saturated rings. The van der Waals surface area contributed by atoms with E-state index >= 15 is 0 Å². The van der Waals surface area contributed by atoms with E-state index in [1.807, 2.05) is 0 Å². The van der Waals surface area contributed by atoms with Gasteiger partial charge in [-0.3, -0.25) is 9.59 Å². The number of rotatable bonds is 5. The molecule has 2 unspecified atom stereocenters. The number of primary amides is 1. The summed E-state index contributed by atoms with van der Waals surface area (Å²) in [4.78, 5) is 25.3. The zero-order chi connectivity index (χ0) is 14.4. The standard InChI is InChI=1S/C14H25N3O3/c15-13(18)10-17(11-4-3-6-16-9-11)14(19)8-12-5-1-2-7-20-12/h11-12,16H,1-10H2,(H2,15,18). The molecular formula is C14H25N3O3. The van der Waals surface area contributed by atoms with E-state index in [9.17, 15) is 9.59 Å². The first-order valence-electron chi connectivity index (χ1n) is 7.57. The second-order valence-corrected chi connectivity index (χ2v) is 5.68. The van der Waals surface area contributed by atoms with Crippen molar-refractivity contribution in [3.05, 3.63) is 0 Å². The van der Waals surface area contributed by atoms with E-state index in [4.69, 9.17) is 10.5 Å². The second kappa shape index (κ2) is 7.59. The third-order valence-corrected chi connectivity index (χ3v) is 4.03. The van der Waals surface area contributed by atoms with E-state index in [-0.39, 0.29) is 24.6 Å². The van der Waals surface area contributed by atoms with Gasteiger partial charge in [0.15, 0.2) is 0 Å². The maximum Gasteiger partial charge on any atom is 0.237 e. The minimum absolute atomic E-state index is 0.00294. The molecule has 0 aromatic rings. The molecule has 114 valence electrons. The van der Waals surface area contributed by atoms with Crippen LogP contribution in [0.1, 0.15) is 38.5 Å². The molecule has 6 nitrogen and oxygen atoms in total. The quantitative estimate of drug-likeness (QED) is 0.744. The molecule has 2 atom stereocenters. The van der Waals surface area contributed by atoms with Gasteiger partial charge in [-0.2, -0.15) is 0 Å². The maximum atomic E-state index is 12.5. The first kappa shape index (κ1) is 15.3. The van der Waals surface area contributed by atoms with Crippen LogP contribution in [0, 0.1) is 0 Å².